The maximum Gasteiger partial charge on any atom is 0.337 e. The second-order valence-corrected chi connectivity index (χ2v) is 7.55. The van der Waals surface area contributed by atoms with Gasteiger partial charge in [0.15, 0.2) is 0 Å². The van der Waals surface area contributed by atoms with Crippen molar-refractivity contribution in [3.05, 3.63) is 89.7 Å². The summed E-state index contributed by atoms with van der Waals surface area (Å²) in [6.45, 7) is 0. The summed E-state index contributed by atoms with van der Waals surface area (Å²) in [4.78, 5) is 11.8. The molecule has 0 aliphatic heterocycles. The zero-order valence-electron chi connectivity index (χ0n) is 13.9. The zero-order chi connectivity index (χ0) is 17.1. The Hall–Kier alpha value is -2.81. The van der Waals surface area contributed by atoms with Crippen LogP contribution in [-0.4, -0.2) is 15.6 Å². The van der Waals surface area contributed by atoms with Gasteiger partial charge in [-0.1, -0.05) is 42.5 Å². The van der Waals surface area contributed by atoms with E-state index in [1.165, 1.54) is 11.1 Å². The molecule has 2 aromatic carbocycles. The van der Waals surface area contributed by atoms with Gasteiger partial charge in [-0.05, 0) is 59.4 Å². The van der Waals surface area contributed by atoms with Crippen LogP contribution in [0.4, 0.5) is 0 Å². The number of carbonyl (C=O) groups is 1. The van der Waals surface area contributed by atoms with Gasteiger partial charge in [0.2, 0.25) is 0 Å². The monoisotopic (exact) mass is 329 g/mol. The topological polar surface area (TPSA) is 42.2 Å². The number of aromatic carboxylic acids is 1. The summed E-state index contributed by atoms with van der Waals surface area (Å²) in [5.74, 6) is -0.866. The number of aromatic nitrogens is 1. The van der Waals surface area contributed by atoms with Crippen LogP contribution in [0.1, 0.15) is 40.7 Å². The first-order valence-electron chi connectivity index (χ1n) is 8.69. The van der Waals surface area contributed by atoms with E-state index < -0.39 is 5.97 Å². The first kappa shape index (κ1) is 14.5. The Labute approximate surface area is 146 Å². The molecule has 0 amide bonds. The lowest BCUT2D eigenvalue weighted by Gasteiger charge is -2.71. The van der Waals surface area contributed by atoms with Crippen LogP contribution in [0.3, 0.4) is 0 Å². The molecule has 6 rings (SSSR count). The van der Waals surface area contributed by atoms with Crippen LogP contribution in [0.15, 0.2) is 73.1 Å². The van der Waals surface area contributed by atoms with Crippen molar-refractivity contribution in [3.8, 4) is 5.69 Å². The van der Waals surface area contributed by atoms with Gasteiger partial charge in [0, 0.05) is 12.4 Å². The Morgan fingerprint density at radius 2 is 1.52 bits per heavy atom. The minimum absolute atomic E-state index is 0.126. The smallest absolute Gasteiger partial charge is 0.337 e. The van der Waals surface area contributed by atoms with Crippen molar-refractivity contribution in [1.82, 2.24) is 4.57 Å². The van der Waals surface area contributed by atoms with E-state index in [1.54, 1.807) is 6.07 Å². The van der Waals surface area contributed by atoms with Crippen molar-refractivity contribution in [3.63, 3.8) is 0 Å². The van der Waals surface area contributed by atoms with Crippen LogP contribution in [0, 0.1) is 0 Å². The third-order valence-electron chi connectivity index (χ3n) is 6.12. The summed E-state index contributed by atoms with van der Waals surface area (Å²) in [6, 6.07) is 20.3. The van der Waals surface area contributed by atoms with Gasteiger partial charge < -0.3 is 9.67 Å². The van der Waals surface area contributed by atoms with Crippen LogP contribution in [0.2, 0.25) is 0 Å². The molecule has 3 saturated carbocycles. The van der Waals surface area contributed by atoms with Gasteiger partial charge in [0.1, 0.15) is 0 Å². The molecule has 0 radical (unpaired) electrons. The first-order chi connectivity index (χ1) is 12.1. The molecule has 0 atom stereocenters. The maximum atomic E-state index is 11.8. The Kier molecular flexibility index (Phi) is 2.82. The minimum atomic E-state index is -0.866. The number of para-hydroxylation sites is 1. The van der Waals surface area contributed by atoms with E-state index in [-0.39, 0.29) is 5.41 Å². The second-order valence-electron chi connectivity index (χ2n) is 7.55. The molecule has 1 N–H and O–H groups in total. The molecule has 3 fully saturated rings. The fraction of sp³-hybridized carbons (Fsp3) is 0.227. The van der Waals surface area contributed by atoms with E-state index in [2.05, 4.69) is 36.4 Å². The Morgan fingerprint density at radius 3 is 2.16 bits per heavy atom. The van der Waals surface area contributed by atoms with Crippen molar-refractivity contribution < 1.29 is 9.90 Å². The summed E-state index contributed by atoms with van der Waals surface area (Å²) < 4.78 is 1.95. The molecule has 0 unspecified atom stereocenters. The summed E-state index contributed by atoms with van der Waals surface area (Å²) in [5, 5.41) is 9.67. The van der Waals surface area contributed by atoms with E-state index >= 15 is 0 Å². The summed E-state index contributed by atoms with van der Waals surface area (Å²) >= 11 is 0. The van der Waals surface area contributed by atoms with Crippen molar-refractivity contribution in [2.24, 2.45) is 0 Å². The third kappa shape index (κ3) is 1.89. The minimum Gasteiger partial charge on any atom is -0.478 e. The average Bonchev–Trinajstić information content (AvgIpc) is 3.07. The highest BCUT2D eigenvalue weighted by atomic mass is 16.4. The molecule has 3 aromatic rings. The molecule has 3 aliphatic rings. The Morgan fingerprint density at radius 1 is 0.840 bits per heavy atom. The highest BCUT2D eigenvalue weighted by molar-refractivity contribution is 5.93. The number of nitrogens with zero attached hydrogens (tertiary/aromatic N) is 1. The fourth-order valence-electron chi connectivity index (χ4n) is 5.08. The maximum absolute atomic E-state index is 11.8. The van der Waals surface area contributed by atoms with Gasteiger partial charge in [-0.2, -0.15) is 0 Å². The number of benzene rings is 2. The van der Waals surface area contributed by atoms with Gasteiger partial charge in [-0.15, -0.1) is 0 Å². The quantitative estimate of drug-likeness (QED) is 0.763. The second kappa shape index (κ2) is 4.85. The van der Waals surface area contributed by atoms with E-state index in [1.807, 2.05) is 35.2 Å². The zero-order valence-corrected chi connectivity index (χ0v) is 13.9. The first-order valence-corrected chi connectivity index (χ1v) is 8.69. The summed E-state index contributed by atoms with van der Waals surface area (Å²) in [6.07, 6.45) is 7.21. The summed E-state index contributed by atoms with van der Waals surface area (Å²) in [7, 11) is 0. The van der Waals surface area contributed by atoms with Gasteiger partial charge in [-0.25, -0.2) is 4.79 Å². The SMILES string of the molecule is O=C(O)c1cccc(C23CC(c4ccccc4)(C2)C3)c1-n1cccc1. The molecule has 124 valence electrons. The van der Waals surface area contributed by atoms with Crippen LogP contribution in [0.25, 0.3) is 5.69 Å². The molecule has 25 heavy (non-hydrogen) atoms. The molecular formula is C22H19NO2. The number of carboxylic acids is 1. The van der Waals surface area contributed by atoms with E-state index in [0.717, 1.165) is 24.9 Å². The highest BCUT2D eigenvalue weighted by Crippen LogP contribution is 2.74. The number of rotatable bonds is 4. The summed E-state index contributed by atoms with van der Waals surface area (Å²) in [5.41, 5.74) is 4.25. The largest absolute Gasteiger partial charge is 0.478 e. The molecular weight excluding hydrogens is 310 g/mol. The number of hydrogen-bond donors (Lipinski definition) is 1. The molecule has 3 nitrogen and oxygen atoms in total. The molecule has 3 heteroatoms. The van der Waals surface area contributed by atoms with Crippen molar-refractivity contribution in [2.75, 3.05) is 0 Å². The molecule has 0 spiro atoms. The lowest BCUT2D eigenvalue weighted by molar-refractivity contribution is -0.0692. The van der Waals surface area contributed by atoms with Crippen LogP contribution >= 0.6 is 0 Å². The predicted molar refractivity (Wildman–Crippen MR) is 96.4 cm³/mol. The van der Waals surface area contributed by atoms with Crippen molar-refractivity contribution >= 4 is 5.97 Å². The lowest BCUT2D eigenvalue weighted by Crippen LogP contribution is -2.67. The predicted octanol–water partition coefficient (Wildman–Crippen LogP) is 4.55. The normalized spacial score (nSPS) is 26.6. The van der Waals surface area contributed by atoms with Crippen molar-refractivity contribution in [1.29, 1.82) is 0 Å². The van der Waals surface area contributed by atoms with Crippen LogP contribution < -0.4 is 0 Å². The van der Waals surface area contributed by atoms with Gasteiger partial charge in [0.25, 0.3) is 0 Å². The molecule has 1 heterocycles. The fourth-order valence-corrected chi connectivity index (χ4v) is 5.08. The van der Waals surface area contributed by atoms with Crippen molar-refractivity contribution in [2.45, 2.75) is 30.1 Å². The highest BCUT2D eigenvalue weighted by Gasteiger charge is 2.69. The van der Waals surface area contributed by atoms with E-state index in [4.69, 9.17) is 0 Å². The van der Waals surface area contributed by atoms with Gasteiger partial charge in [-0.3, -0.25) is 0 Å². The van der Waals surface area contributed by atoms with Crippen LogP contribution in [0.5, 0.6) is 0 Å². The van der Waals surface area contributed by atoms with Gasteiger partial charge in [0.05, 0.1) is 11.3 Å². The average molecular weight is 329 g/mol. The number of hydrogen-bond acceptors (Lipinski definition) is 1. The Balaban J connectivity index is 1.57. The van der Waals surface area contributed by atoms with E-state index in [9.17, 15) is 9.90 Å². The van der Waals surface area contributed by atoms with Crippen LogP contribution in [-0.2, 0) is 10.8 Å². The lowest BCUT2D eigenvalue weighted by atomic mass is 9.32. The Bertz CT molecular complexity index is 937. The standard InChI is InChI=1S/C22H19NO2/c24-20(25)17-9-6-10-18(19(17)23-11-4-5-12-23)22-13-21(14-22,15-22)16-7-2-1-3-8-16/h1-12H,13-15H2,(H,24,25). The molecule has 3 aliphatic carbocycles. The molecule has 0 saturated heterocycles. The third-order valence-corrected chi connectivity index (χ3v) is 6.12. The molecule has 2 bridgehead atoms. The molecule has 1 aromatic heterocycles. The van der Waals surface area contributed by atoms with Gasteiger partial charge >= 0.3 is 5.97 Å². The number of carboxylic acid groups (broad SMARTS) is 1. The van der Waals surface area contributed by atoms with E-state index in [0.29, 0.717) is 11.0 Å².